The molecule has 2 atom stereocenters. The van der Waals surface area contributed by atoms with Crippen LogP contribution in [0.1, 0.15) is 31.7 Å². The molecule has 1 saturated carbocycles. The Labute approximate surface area is 129 Å². The minimum Gasteiger partial charge on any atom is -0.333 e. The van der Waals surface area contributed by atoms with Crippen LogP contribution in [0, 0.1) is 18.3 Å². The summed E-state index contributed by atoms with van der Waals surface area (Å²) in [5.41, 5.74) is 3.00. The van der Waals surface area contributed by atoms with Gasteiger partial charge in [0.1, 0.15) is 5.54 Å². The highest BCUT2D eigenvalue weighted by Gasteiger charge is 2.39. The second-order valence-electron chi connectivity index (χ2n) is 5.77. The Bertz CT molecular complexity index is 687. The summed E-state index contributed by atoms with van der Waals surface area (Å²) in [6, 6.07) is 8.73. The number of imidazole rings is 1. The van der Waals surface area contributed by atoms with Crippen molar-refractivity contribution in [1.82, 2.24) is 15.3 Å². The number of fused-ring (bicyclic) bond motifs is 1. The summed E-state index contributed by atoms with van der Waals surface area (Å²) in [7, 11) is 0. The molecule has 0 spiro atoms. The van der Waals surface area contributed by atoms with Crippen molar-refractivity contribution in [2.45, 2.75) is 49.1 Å². The number of aromatic amines is 1. The number of H-pyrrole nitrogens is 1. The molecule has 5 heteroatoms. The van der Waals surface area contributed by atoms with E-state index < -0.39 is 0 Å². The van der Waals surface area contributed by atoms with Crippen molar-refractivity contribution < 1.29 is 0 Å². The highest BCUT2D eigenvalue weighted by molar-refractivity contribution is 7.99. The molecule has 0 saturated heterocycles. The Morgan fingerprint density at radius 1 is 1.57 bits per heavy atom. The highest BCUT2D eigenvalue weighted by Crippen LogP contribution is 2.39. The molecule has 1 aliphatic carbocycles. The number of aryl methyl sites for hydroxylation is 1. The van der Waals surface area contributed by atoms with Gasteiger partial charge in [-0.3, -0.25) is 5.32 Å². The fourth-order valence-electron chi connectivity index (χ4n) is 3.05. The molecule has 0 aliphatic heterocycles. The van der Waals surface area contributed by atoms with Crippen LogP contribution < -0.4 is 5.32 Å². The number of hydrogen-bond acceptors (Lipinski definition) is 4. The lowest BCUT2D eigenvalue weighted by Gasteiger charge is -2.21. The molecule has 2 unspecified atom stereocenters. The average Bonchev–Trinajstić information content (AvgIpc) is 3.03. The summed E-state index contributed by atoms with van der Waals surface area (Å²) >= 11 is 1.77. The van der Waals surface area contributed by atoms with Gasteiger partial charge >= 0.3 is 0 Å². The van der Waals surface area contributed by atoms with Crippen molar-refractivity contribution in [3.8, 4) is 6.07 Å². The van der Waals surface area contributed by atoms with Gasteiger partial charge in [0.25, 0.3) is 0 Å². The Morgan fingerprint density at radius 3 is 3.19 bits per heavy atom. The maximum atomic E-state index is 9.43. The maximum Gasteiger partial charge on any atom is 0.166 e. The molecule has 1 aliphatic rings. The molecule has 21 heavy (non-hydrogen) atoms. The molecule has 0 bridgehead atoms. The van der Waals surface area contributed by atoms with E-state index in [9.17, 15) is 5.26 Å². The third-order valence-electron chi connectivity index (χ3n) is 4.09. The van der Waals surface area contributed by atoms with Crippen molar-refractivity contribution in [1.29, 1.82) is 5.26 Å². The van der Waals surface area contributed by atoms with Crippen LogP contribution in [-0.4, -0.2) is 27.3 Å². The third kappa shape index (κ3) is 2.92. The number of benzene rings is 1. The van der Waals surface area contributed by atoms with Crippen molar-refractivity contribution in [3.63, 3.8) is 0 Å². The van der Waals surface area contributed by atoms with Crippen LogP contribution in [0.3, 0.4) is 0 Å². The van der Waals surface area contributed by atoms with E-state index in [1.807, 2.05) is 0 Å². The minimum atomic E-state index is -0.338. The van der Waals surface area contributed by atoms with Gasteiger partial charge in [0.05, 0.1) is 17.1 Å². The van der Waals surface area contributed by atoms with Crippen LogP contribution in [0.2, 0.25) is 0 Å². The standard InChI is InChI=1S/C16H20N4S/c1-3-18-16(10-17)7-6-12(9-16)21-15-19-13-5-4-11(2)8-14(13)20-15/h4-5,8,12,18H,3,6-7,9H2,1-2H3,(H,19,20). The summed E-state index contributed by atoms with van der Waals surface area (Å²) in [6.07, 6.45) is 2.87. The van der Waals surface area contributed by atoms with Crippen LogP contribution in [0.15, 0.2) is 23.4 Å². The van der Waals surface area contributed by atoms with Gasteiger partial charge in [0.15, 0.2) is 5.16 Å². The normalized spacial score (nSPS) is 25.3. The summed E-state index contributed by atoms with van der Waals surface area (Å²) in [4.78, 5) is 8.03. The molecule has 4 nitrogen and oxygen atoms in total. The largest absolute Gasteiger partial charge is 0.333 e. The molecular formula is C16H20N4S. The van der Waals surface area contributed by atoms with E-state index in [1.165, 1.54) is 5.56 Å². The molecule has 1 aromatic heterocycles. The molecule has 1 aromatic carbocycles. The first-order valence-electron chi connectivity index (χ1n) is 7.43. The van der Waals surface area contributed by atoms with Crippen molar-refractivity contribution in [3.05, 3.63) is 23.8 Å². The predicted molar refractivity (Wildman–Crippen MR) is 86.3 cm³/mol. The van der Waals surface area contributed by atoms with E-state index in [2.05, 4.69) is 53.4 Å². The number of aromatic nitrogens is 2. The zero-order valence-electron chi connectivity index (χ0n) is 12.4. The van der Waals surface area contributed by atoms with Crippen molar-refractivity contribution >= 4 is 22.8 Å². The maximum absolute atomic E-state index is 9.43. The van der Waals surface area contributed by atoms with Gasteiger partial charge in [0.2, 0.25) is 0 Å². The van der Waals surface area contributed by atoms with Gasteiger partial charge in [-0.2, -0.15) is 5.26 Å². The van der Waals surface area contributed by atoms with E-state index in [0.717, 1.165) is 42.0 Å². The summed E-state index contributed by atoms with van der Waals surface area (Å²) in [6.45, 7) is 4.98. The molecule has 0 amide bonds. The molecule has 2 aromatic rings. The number of nitriles is 1. The quantitative estimate of drug-likeness (QED) is 0.908. The first-order valence-corrected chi connectivity index (χ1v) is 8.31. The number of nitrogens with zero attached hydrogens (tertiary/aromatic N) is 2. The predicted octanol–water partition coefficient (Wildman–Crippen LogP) is 3.39. The Balaban J connectivity index is 1.73. The second-order valence-corrected chi connectivity index (χ2v) is 7.06. The molecule has 2 N–H and O–H groups in total. The fraction of sp³-hybridized carbons (Fsp3) is 0.500. The van der Waals surface area contributed by atoms with Gasteiger partial charge in [-0.25, -0.2) is 4.98 Å². The first-order chi connectivity index (χ1) is 10.1. The molecule has 0 radical (unpaired) electrons. The van der Waals surface area contributed by atoms with E-state index in [-0.39, 0.29) is 5.54 Å². The highest BCUT2D eigenvalue weighted by atomic mass is 32.2. The first kappa shape index (κ1) is 14.4. The molecule has 1 heterocycles. The van der Waals surface area contributed by atoms with Crippen LogP contribution >= 0.6 is 11.8 Å². The Hall–Kier alpha value is -1.51. The van der Waals surface area contributed by atoms with Crippen LogP contribution in [-0.2, 0) is 0 Å². The number of hydrogen-bond donors (Lipinski definition) is 2. The van der Waals surface area contributed by atoms with Crippen molar-refractivity contribution in [2.24, 2.45) is 0 Å². The summed E-state index contributed by atoms with van der Waals surface area (Å²) in [5.74, 6) is 0. The molecule has 3 rings (SSSR count). The average molecular weight is 300 g/mol. The second kappa shape index (κ2) is 5.70. The lowest BCUT2D eigenvalue weighted by molar-refractivity contribution is 0.436. The third-order valence-corrected chi connectivity index (χ3v) is 5.24. The van der Waals surface area contributed by atoms with Crippen LogP contribution in [0.4, 0.5) is 0 Å². The minimum absolute atomic E-state index is 0.338. The zero-order valence-corrected chi connectivity index (χ0v) is 13.3. The van der Waals surface area contributed by atoms with Crippen molar-refractivity contribution in [2.75, 3.05) is 6.54 Å². The van der Waals surface area contributed by atoms with E-state index in [4.69, 9.17) is 0 Å². The number of thioether (sulfide) groups is 1. The van der Waals surface area contributed by atoms with Gasteiger partial charge in [-0.15, -0.1) is 0 Å². The summed E-state index contributed by atoms with van der Waals surface area (Å²) < 4.78 is 0. The van der Waals surface area contributed by atoms with Gasteiger partial charge < -0.3 is 4.98 Å². The lowest BCUT2D eigenvalue weighted by atomic mass is 10.0. The smallest absolute Gasteiger partial charge is 0.166 e. The van der Waals surface area contributed by atoms with Gasteiger partial charge in [-0.05, 0) is 50.4 Å². The van der Waals surface area contributed by atoms with E-state index in [1.54, 1.807) is 11.8 Å². The summed E-state index contributed by atoms with van der Waals surface area (Å²) in [5, 5.41) is 14.2. The Morgan fingerprint density at radius 2 is 2.43 bits per heavy atom. The topological polar surface area (TPSA) is 64.5 Å². The number of rotatable bonds is 4. The van der Waals surface area contributed by atoms with E-state index in [0.29, 0.717) is 5.25 Å². The SMILES string of the molecule is CCNC1(C#N)CCC(Sc2nc3ccc(C)cc3[nH]2)C1. The van der Waals surface area contributed by atoms with E-state index >= 15 is 0 Å². The van der Waals surface area contributed by atoms with Crippen LogP contribution in [0.5, 0.6) is 0 Å². The van der Waals surface area contributed by atoms with Crippen LogP contribution in [0.25, 0.3) is 11.0 Å². The molecule has 110 valence electrons. The molecular weight excluding hydrogens is 280 g/mol. The van der Waals surface area contributed by atoms with Gasteiger partial charge in [-0.1, -0.05) is 24.8 Å². The number of nitrogens with one attached hydrogen (secondary N) is 2. The zero-order chi connectivity index (χ0) is 14.9. The van der Waals surface area contributed by atoms with Gasteiger partial charge in [0, 0.05) is 5.25 Å². The lowest BCUT2D eigenvalue weighted by Crippen LogP contribution is -2.41. The molecule has 1 fully saturated rings. The Kier molecular flexibility index (Phi) is 3.92. The fourth-order valence-corrected chi connectivity index (χ4v) is 4.29. The monoisotopic (exact) mass is 300 g/mol.